The number of carbonyl (C=O) groups is 1. The second-order valence-electron chi connectivity index (χ2n) is 2.12. The van der Waals surface area contributed by atoms with Crippen LogP contribution in [0.4, 0.5) is 9.80 Å². The number of hydrogen-bond donors (Lipinski definition) is 2. The Labute approximate surface area is 79.1 Å². The minimum absolute atomic E-state index is 0.291. The molecule has 6 heteroatoms. The van der Waals surface area contributed by atoms with E-state index < -0.39 is 0 Å². The van der Waals surface area contributed by atoms with Crippen molar-refractivity contribution in [2.24, 2.45) is 0 Å². The van der Waals surface area contributed by atoms with Crippen LogP contribution in [0.1, 0.15) is 5.69 Å². The average Bonchev–Trinajstić information content (AvgIpc) is 2.36. The predicted octanol–water partition coefficient (Wildman–Crippen LogP) is 1.86. The molecule has 1 aromatic rings. The predicted molar refractivity (Wildman–Crippen MR) is 49.9 cm³/mol. The van der Waals surface area contributed by atoms with Crippen LogP contribution in [-0.4, -0.2) is 17.5 Å². The Balaban J connectivity index is 2.76. The highest BCUT2D eigenvalue weighted by atomic mass is 35.5. The quantitative estimate of drug-likeness (QED) is 0.735. The van der Waals surface area contributed by atoms with Crippen molar-refractivity contribution < 1.29 is 4.79 Å². The third-order valence-electron chi connectivity index (χ3n) is 1.24. The molecule has 0 saturated heterocycles. The maximum Gasteiger partial charge on any atom is 0.319 e. The summed E-state index contributed by atoms with van der Waals surface area (Å²) < 4.78 is 3.97. The number of nitrogens with zero attached hydrogens (tertiary/aromatic N) is 1. The van der Waals surface area contributed by atoms with Crippen molar-refractivity contribution in [3.05, 3.63) is 10.7 Å². The molecule has 0 aliphatic rings. The van der Waals surface area contributed by atoms with Gasteiger partial charge in [-0.05, 0) is 18.5 Å². The second-order valence-corrected chi connectivity index (χ2v) is 3.27. The first kappa shape index (κ1) is 9.28. The Kier molecular flexibility index (Phi) is 2.88. The number of hydrogen-bond acceptors (Lipinski definition) is 3. The number of rotatable bonds is 1. The topological polar surface area (TPSA) is 54.0 Å². The van der Waals surface area contributed by atoms with Gasteiger partial charge in [-0.3, -0.25) is 5.32 Å². The highest BCUT2D eigenvalue weighted by molar-refractivity contribution is 7.11. The van der Waals surface area contributed by atoms with E-state index in [9.17, 15) is 4.79 Å². The molecule has 0 aliphatic heterocycles. The van der Waals surface area contributed by atoms with E-state index in [2.05, 4.69) is 15.0 Å². The monoisotopic (exact) mass is 205 g/mol. The fourth-order valence-electron chi connectivity index (χ4n) is 0.602. The van der Waals surface area contributed by atoms with Gasteiger partial charge in [-0.15, -0.1) is 0 Å². The number of aromatic nitrogens is 1. The van der Waals surface area contributed by atoms with Gasteiger partial charge in [0.2, 0.25) is 0 Å². The van der Waals surface area contributed by atoms with Gasteiger partial charge in [0.15, 0.2) is 0 Å². The fourth-order valence-corrected chi connectivity index (χ4v) is 1.53. The summed E-state index contributed by atoms with van der Waals surface area (Å²) in [6.07, 6.45) is 0. The van der Waals surface area contributed by atoms with Gasteiger partial charge < -0.3 is 5.32 Å². The zero-order chi connectivity index (χ0) is 9.14. The molecule has 2 amide bonds. The van der Waals surface area contributed by atoms with Gasteiger partial charge >= 0.3 is 6.03 Å². The lowest BCUT2D eigenvalue weighted by Crippen LogP contribution is -2.24. The number of amides is 2. The van der Waals surface area contributed by atoms with E-state index in [1.54, 1.807) is 6.92 Å². The maximum absolute atomic E-state index is 10.8. The van der Waals surface area contributed by atoms with E-state index in [0.29, 0.717) is 10.0 Å². The molecule has 1 rings (SSSR count). The van der Waals surface area contributed by atoms with Gasteiger partial charge in [0.05, 0.1) is 10.7 Å². The first-order chi connectivity index (χ1) is 5.65. The molecule has 0 aromatic carbocycles. The minimum Gasteiger partial charge on any atom is -0.341 e. The molecule has 1 aromatic heterocycles. The number of nitrogens with one attached hydrogen (secondary N) is 2. The van der Waals surface area contributed by atoms with E-state index in [1.165, 1.54) is 18.6 Å². The largest absolute Gasteiger partial charge is 0.341 e. The summed E-state index contributed by atoms with van der Waals surface area (Å²) in [5.41, 5.74) is 0.730. The molecular weight excluding hydrogens is 198 g/mol. The molecule has 1 heterocycles. The van der Waals surface area contributed by atoms with Crippen molar-refractivity contribution in [2.75, 3.05) is 12.4 Å². The number of carbonyl (C=O) groups excluding carboxylic acids is 1. The molecule has 0 bridgehead atoms. The maximum atomic E-state index is 10.8. The first-order valence-corrected chi connectivity index (χ1v) is 4.40. The number of aryl methyl sites for hydroxylation is 1. The smallest absolute Gasteiger partial charge is 0.319 e. The molecule has 66 valence electrons. The highest BCUT2D eigenvalue weighted by Gasteiger charge is 2.09. The van der Waals surface area contributed by atoms with E-state index >= 15 is 0 Å². The SMILES string of the molecule is CNC(=O)Nc1snc(C)c1Cl. The molecule has 0 unspecified atom stereocenters. The van der Waals surface area contributed by atoms with Crippen molar-refractivity contribution >= 4 is 34.2 Å². The Morgan fingerprint density at radius 3 is 2.75 bits per heavy atom. The van der Waals surface area contributed by atoms with Crippen LogP contribution in [0.2, 0.25) is 5.02 Å². The van der Waals surface area contributed by atoms with Crippen LogP contribution in [0.15, 0.2) is 0 Å². The van der Waals surface area contributed by atoms with Crippen molar-refractivity contribution in [2.45, 2.75) is 6.92 Å². The minimum atomic E-state index is -0.291. The van der Waals surface area contributed by atoms with E-state index in [4.69, 9.17) is 11.6 Å². The number of anilines is 1. The summed E-state index contributed by atoms with van der Waals surface area (Å²) in [7, 11) is 1.54. The average molecular weight is 206 g/mol. The third kappa shape index (κ3) is 1.86. The van der Waals surface area contributed by atoms with E-state index in [0.717, 1.165) is 5.69 Å². The first-order valence-electron chi connectivity index (χ1n) is 3.25. The van der Waals surface area contributed by atoms with Crippen LogP contribution in [0.25, 0.3) is 0 Å². The fraction of sp³-hybridized carbons (Fsp3) is 0.333. The van der Waals surface area contributed by atoms with Crippen molar-refractivity contribution in [3.8, 4) is 0 Å². The Hall–Kier alpha value is -0.810. The molecule has 4 nitrogen and oxygen atoms in total. The zero-order valence-corrected chi connectivity index (χ0v) is 8.21. The second kappa shape index (κ2) is 3.73. The van der Waals surface area contributed by atoms with Gasteiger partial charge in [0.25, 0.3) is 0 Å². The molecule has 0 atom stereocenters. The molecule has 12 heavy (non-hydrogen) atoms. The Morgan fingerprint density at radius 2 is 2.33 bits per heavy atom. The van der Waals surface area contributed by atoms with Crippen molar-refractivity contribution in [1.29, 1.82) is 0 Å². The summed E-state index contributed by atoms with van der Waals surface area (Å²) in [4.78, 5) is 10.8. The van der Waals surface area contributed by atoms with Crippen LogP contribution < -0.4 is 10.6 Å². The highest BCUT2D eigenvalue weighted by Crippen LogP contribution is 2.28. The van der Waals surface area contributed by atoms with E-state index in [1.807, 2.05) is 0 Å². The molecule has 0 radical (unpaired) electrons. The zero-order valence-electron chi connectivity index (χ0n) is 6.64. The van der Waals surface area contributed by atoms with Crippen molar-refractivity contribution in [3.63, 3.8) is 0 Å². The lowest BCUT2D eigenvalue weighted by Gasteiger charge is -1.99. The van der Waals surface area contributed by atoms with Gasteiger partial charge in [-0.2, -0.15) is 4.37 Å². The van der Waals surface area contributed by atoms with Crippen LogP contribution in [0.5, 0.6) is 0 Å². The molecule has 2 N–H and O–H groups in total. The molecular formula is C6H8ClN3OS. The molecule has 0 spiro atoms. The summed E-state index contributed by atoms with van der Waals surface area (Å²) in [6.45, 7) is 1.79. The summed E-state index contributed by atoms with van der Waals surface area (Å²) in [6, 6.07) is -0.291. The molecule has 0 saturated carbocycles. The van der Waals surface area contributed by atoms with Gasteiger partial charge in [-0.25, -0.2) is 4.79 Å². The lowest BCUT2D eigenvalue weighted by molar-refractivity contribution is 0.254. The third-order valence-corrected chi connectivity index (χ3v) is 2.67. The normalized spacial score (nSPS) is 9.58. The van der Waals surface area contributed by atoms with E-state index in [-0.39, 0.29) is 6.03 Å². The van der Waals surface area contributed by atoms with Crippen LogP contribution >= 0.6 is 23.1 Å². The summed E-state index contributed by atoms with van der Waals surface area (Å²) in [5, 5.41) is 6.06. The Bertz CT molecular complexity index is 299. The van der Waals surface area contributed by atoms with Gasteiger partial charge in [0, 0.05) is 7.05 Å². The van der Waals surface area contributed by atoms with Crippen LogP contribution in [-0.2, 0) is 0 Å². The number of urea groups is 1. The molecule has 0 aliphatic carbocycles. The summed E-state index contributed by atoms with van der Waals surface area (Å²) in [5.74, 6) is 0. The standard InChI is InChI=1S/C6H8ClN3OS/c1-3-4(7)5(12-10-3)9-6(11)8-2/h1-2H3,(H2,8,9,11). The van der Waals surface area contributed by atoms with Crippen LogP contribution in [0, 0.1) is 6.92 Å². The summed E-state index contributed by atoms with van der Waals surface area (Å²) >= 11 is 6.98. The van der Waals surface area contributed by atoms with Gasteiger partial charge in [0.1, 0.15) is 5.00 Å². The van der Waals surface area contributed by atoms with Crippen LogP contribution in [0.3, 0.4) is 0 Å². The van der Waals surface area contributed by atoms with Crippen molar-refractivity contribution in [1.82, 2.24) is 9.69 Å². The number of halogens is 1. The lowest BCUT2D eigenvalue weighted by atomic mass is 10.5. The van der Waals surface area contributed by atoms with Gasteiger partial charge in [-0.1, -0.05) is 11.6 Å². The Morgan fingerprint density at radius 1 is 1.67 bits per heavy atom. The molecule has 0 fully saturated rings.